The van der Waals surface area contributed by atoms with Gasteiger partial charge in [-0.2, -0.15) is 0 Å². The van der Waals surface area contributed by atoms with Gasteiger partial charge in [-0.05, 0) is 35.2 Å². The Morgan fingerprint density at radius 3 is 2.47 bits per heavy atom. The third-order valence-electron chi connectivity index (χ3n) is 1.87. The number of benzene rings is 1. The molecule has 2 nitrogen and oxygen atoms in total. The number of hydrogen-bond donors (Lipinski definition) is 1. The largest absolute Gasteiger partial charge is 0.326 e. The van der Waals surface area contributed by atoms with E-state index < -0.39 is 0 Å². The Labute approximate surface area is 98.4 Å². The van der Waals surface area contributed by atoms with E-state index in [1.54, 1.807) is 24.3 Å². The molecule has 0 bridgehead atoms. The van der Waals surface area contributed by atoms with Crippen molar-refractivity contribution in [3.05, 3.63) is 29.3 Å². The first kappa shape index (κ1) is 12.4. The van der Waals surface area contributed by atoms with Crippen molar-refractivity contribution < 1.29 is 4.79 Å². The molecule has 0 saturated carbocycles. The van der Waals surface area contributed by atoms with Crippen molar-refractivity contribution in [2.24, 2.45) is 0 Å². The van der Waals surface area contributed by atoms with Gasteiger partial charge in [0.25, 0.3) is 0 Å². The molecule has 0 unspecified atom stereocenters. The zero-order chi connectivity index (χ0) is 11.3. The Kier molecular flexibility index (Phi) is 4.99. The lowest BCUT2D eigenvalue weighted by Gasteiger charge is -2.03. The second-order valence-corrected chi connectivity index (χ2v) is 6.31. The summed E-state index contributed by atoms with van der Waals surface area (Å²) in [5, 5.41) is 3.51. The van der Waals surface area contributed by atoms with Crippen molar-refractivity contribution in [2.75, 3.05) is 23.6 Å². The summed E-state index contributed by atoms with van der Waals surface area (Å²) >= 11 is 5.74. The van der Waals surface area contributed by atoms with Crippen molar-refractivity contribution >= 4 is 34.1 Å². The maximum absolute atomic E-state index is 11.5. The highest BCUT2D eigenvalue weighted by atomic mass is 35.5. The van der Waals surface area contributed by atoms with Crippen LogP contribution in [0.3, 0.4) is 0 Å². The van der Waals surface area contributed by atoms with Gasteiger partial charge in [0, 0.05) is 10.7 Å². The number of hydrogen-bond acceptors (Lipinski definition) is 1. The van der Waals surface area contributed by atoms with Crippen molar-refractivity contribution in [1.29, 1.82) is 0 Å². The fraction of sp³-hybridized carbons (Fsp3) is 0.364. The maximum atomic E-state index is 11.5. The molecule has 0 aliphatic heterocycles. The van der Waals surface area contributed by atoms with Crippen molar-refractivity contribution in [1.82, 2.24) is 0 Å². The molecular weight excluding hydrogens is 230 g/mol. The van der Waals surface area contributed by atoms with Crippen molar-refractivity contribution in [2.45, 2.75) is 6.42 Å². The zero-order valence-corrected chi connectivity index (χ0v) is 10.5. The van der Waals surface area contributed by atoms with Gasteiger partial charge < -0.3 is 5.32 Å². The molecule has 4 heteroatoms. The Balaban J connectivity index is 2.41. The van der Waals surface area contributed by atoms with Gasteiger partial charge in [0.15, 0.2) is 0 Å². The van der Waals surface area contributed by atoms with Crippen LogP contribution in [-0.4, -0.2) is 24.2 Å². The molecule has 0 atom stereocenters. The first-order chi connectivity index (χ1) is 7.08. The van der Waals surface area contributed by atoms with Gasteiger partial charge in [0.1, 0.15) is 5.75 Å². The van der Waals surface area contributed by atoms with Gasteiger partial charge in [0.2, 0.25) is 5.91 Å². The van der Waals surface area contributed by atoms with Crippen LogP contribution >= 0.6 is 11.6 Å². The molecule has 1 rings (SSSR count). The minimum absolute atomic E-state index is 0.0681. The monoisotopic (exact) mass is 244 g/mol. The molecule has 0 aliphatic rings. The minimum atomic E-state index is 0.0681. The van der Waals surface area contributed by atoms with Crippen LogP contribution in [0.25, 0.3) is 0 Å². The number of anilines is 1. The van der Waals surface area contributed by atoms with E-state index in [9.17, 15) is 4.79 Å². The van der Waals surface area contributed by atoms with Gasteiger partial charge in [-0.1, -0.05) is 11.6 Å². The SMILES string of the molecule is C[S+](C)CCC(=O)Nc1ccc(Cl)cc1. The quantitative estimate of drug-likeness (QED) is 0.811. The van der Waals surface area contributed by atoms with E-state index in [1.807, 2.05) is 0 Å². The van der Waals surface area contributed by atoms with Gasteiger partial charge in [-0.3, -0.25) is 4.79 Å². The molecule has 1 aromatic rings. The summed E-state index contributed by atoms with van der Waals surface area (Å²) in [5.74, 6) is 1.01. The van der Waals surface area contributed by atoms with E-state index in [2.05, 4.69) is 17.8 Å². The summed E-state index contributed by atoms with van der Waals surface area (Å²) in [4.78, 5) is 11.5. The third-order valence-corrected chi connectivity index (χ3v) is 3.14. The van der Waals surface area contributed by atoms with Crippen LogP contribution in [0.15, 0.2) is 24.3 Å². The summed E-state index contributed by atoms with van der Waals surface area (Å²) in [5.41, 5.74) is 0.802. The molecule has 0 spiro atoms. The highest BCUT2D eigenvalue weighted by molar-refractivity contribution is 7.95. The summed E-state index contributed by atoms with van der Waals surface area (Å²) < 4.78 is 0. The maximum Gasteiger partial charge on any atom is 0.229 e. The average Bonchev–Trinajstić information content (AvgIpc) is 2.19. The topological polar surface area (TPSA) is 29.1 Å². The highest BCUT2D eigenvalue weighted by Gasteiger charge is 2.08. The lowest BCUT2D eigenvalue weighted by atomic mass is 10.3. The predicted molar refractivity (Wildman–Crippen MR) is 68.8 cm³/mol. The highest BCUT2D eigenvalue weighted by Crippen LogP contribution is 2.13. The zero-order valence-electron chi connectivity index (χ0n) is 8.92. The number of nitrogens with one attached hydrogen (secondary N) is 1. The molecular formula is C11H15ClNOS+. The van der Waals surface area contributed by atoms with Gasteiger partial charge in [0.05, 0.1) is 18.9 Å². The van der Waals surface area contributed by atoms with E-state index in [0.717, 1.165) is 11.4 Å². The standard InChI is InChI=1S/C11H14ClNOS/c1-15(2)8-7-11(14)13-10-5-3-9(12)4-6-10/h3-6H,7-8H2,1-2H3/p+1. The molecule has 0 saturated heterocycles. The third kappa shape index (κ3) is 5.09. The van der Waals surface area contributed by atoms with Crippen molar-refractivity contribution in [3.8, 4) is 0 Å². The first-order valence-electron chi connectivity index (χ1n) is 4.67. The van der Waals surface area contributed by atoms with Crippen LogP contribution in [0, 0.1) is 0 Å². The second-order valence-electron chi connectivity index (χ2n) is 3.49. The van der Waals surface area contributed by atoms with E-state index >= 15 is 0 Å². The summed E-state index contributed by atoms with van der Waals surface area (Å²) in [6, 6.07) is 7.14. The molecule has 1 aromatic carbocycles. The van der Waals surface area contributed by atoms with Crippen LogP contribution in [0.1, 0.15) is 6.42 Å². The van der Waals surface area contributed by atoms with E-state index in [4.69, 9.17) is 11.6 Å². The van der Waals surface area contributed by atoms with E-state index in [0.29, 0.717) is 22.3 Å². The molecule has 15 heavy (non-hydrogen) atoms. The van der Waals surface area contributed by atoms with Crippen LogP contribution in [-0.2, 0) is 15.7 Å². The summed E-state index contributed by atoms with van der Waals surface area (Å²) in [6.07, 6.45) is 4.85. The normalized spacial score (nSPS) is 10.4. The molecule has 82 valence electrons. The number of carbonyl (C=O) groups excluding carboxylic acids is 1. The Morgan fingerprint density at radius 2 is 1.93 bits per heavy atom. The smallest absolute Gasteiger partial charge is 0.229 e. The van der Waals surface area contributed by atoms with Crippen LogP contribution in [0.4, 0.5) is 5.69 Å². The van der Waals surface area contributed by atoms with Crippen molar-refractivity contribution in [3.63, 3.8) is 0 Å². The van der Waals surface area contributed by atoms with E-state index in [1.165, 1.54) is 0 Å². The Bertz CT molecular complexity index is 324. The molecule has 0 aliphatic carbocycles. The van der Waals surface area contributed by atoms with E-state index in [-0.39, 0.29) is 5.91 Å². The molecule has 0 fully saturated rings. The molecule has 1 amide bonds. The summed E-state index contributed by atoms with van der Waals surface area (Å²) in [6.45, 7) is 0. The average molecular weight is 245 g/mol. The fourth-order valence-electron chi connectivity index (χ4n) is 1.05. The first-order valence-corrected chi connectivity index (χ1v) is 7.26. The van der Waals surface area contributed by atoms with Gasteiger partial charge in [-0.25, -0.2) is 0 Å². The number of carbonyl (C=O) groups is 1. The van der Waals surface area contributed by atoms with Crippen LogP contribution in [0.5, 0.6) is 0 Å². The lowest BCUT2D eigenvalue weighted by Crippen LogP contribution is -2.16. The fourth-order valence-corrected chi connectivity index (χ4v) is 1.77. The van der Waals surface area contributed by atoms with Crippen LogP contribution in [0.2, 0.25) is 5.02 Å². The molecule has 1 N–H and O–H groups in total. The summed E-state index contributed by atoms with van der Waals surface area (Å²) in [7, 11) is 0.320. The van der Waals surface area contributed by atoms with Gasteiger partial charge in [-0.15, -0.1) is 0 Å². The number of amides is 1. The minimum Gasteiger partial charge on any atom is -0.326 e. The number of rotatable bonds is 4. The molecule has 0 heterocycles. The van der Waals surface area contributed by atoms with Crippen LogP contribution < -0.4 is 5.32 Å². The Hall–Kier alpha value is -0.670. The second kappa shape index (κ2) is 6.03. The molecule has 0 aromatic heterocycles. The van der Waals surface area contributed by atoms with Gasteiger partial charge >= 0.3 is 0 Å². The predicted octanol–water partition coefficient (Wildman–Crippen LogP) is 2.55. The number of halogens is 1. The Morgan fingerprint density at radius 1 is 1.33 bits per heavy atom. The lowest BCUT2D eigenvalue weighted by molar-refractivity contribution is -0.115. The molecule has 0 radical (unpaired) electrons.